The lowest BCUT2D eigenvalue weighted by molar-refractivity contribution is 0.209. The molecule has 7 nitrogen and oxygen atoms in total. The average Bonchev–Trinajstić information content (AvgIpc) is 2.46. The van der Waals surface area contributed by atoms with Crippen LogP contribution in [0.5, 0.6) is 5.88 Å². The Balaban J connectivity index is 2.05. The summed E-state index contributed by atoms with van der Waals surface area (Å²) in [5.41, 5.74) is 13.9. The number of nitrogens with two attached hydrogens (primary N) is 2. The summed E-state index contributed by atoms with van der Waals surface area (Å²) in [6, 6.07) is 11.3. The molecule has 0 fully saturated rings. The summed E-state index contributed by atoms with van der Waals surface area (Å²) >= 11 is 0. The fourth-order valence-electron chi connectivity index (χ4n) is 2.36. The molecule has 0 saturated carbocycles. The number of benzene rings is 1. The molecular weight excluding hydrogens is 282 g/mol. The van der Waals surface area contributed by atoms with Crippen molar-refractivity contribution in [2.75, 3.05) is 11.1 Å². The second-order valence-electron chi connectivity index (χ2n) is 4.89. The van der Waals surface area contributed by atoms with Gasteiger partial charge in [0, 0.05) is 6.07 Å². The lowest BCUT2D eigenvalue weighted by Gasteiger charge is -2.25. The van der Waals surface area contributed by atoms with Crippen molar-refractivity contribution in [1.82, 2.24) is 4.98 Å². The Morgan fingerprint density at radius 2 is 2.05 bits per heavy atom. The number of aliphatic imine (C=N–C) groups is 1. The van der Waals surface area contributed by atoms with Gasteiger partial charge in [-0.25, -0.2) is 9.79 Å². The fraction of sp³-hybridized carbons (Fsp3) is 0.133. The number of hydrogen-bond donors (Lipinski definition) is 3. The van der Waals surface area contributed by atoms with Crippen molar-refractivity contribution in [1.29, 1.82) is 0 Å². The summed E-state index contributed by atoms with van der Waals surface area (Å²) in [6.07, 6.45) is -0.941. The van der Waals surface area contributed by atoms with E-state index in [0.717, 1.165) is 11.3 Å². The van der Waals surface area contributed by atoms with E-state index >= 15 is 0 Å². The average molecular weight is 297 g/mol. The zero-order chi connectivity index (χ0) is 15.7. The molecule has 3 rings (SSSR count). The molecule has 1 atom stereocenters. The number of hydrogen-bond acceptors (Lipinski definition) is 6. The van der Waals surface area contributed by atoms with E-state index in [2.05, 4.69) is 15.3 Å². The van der Waals surface area contributed by atoms with E-state index in [4.69, 9.17) is 16.2 Å². The third-order valence-corrected chi connectivity index (χ3v) is 3.29. The van der Waals surface area contributed by atoms with Gasteiger partial charge >= 0.3 is 6.09 Å². The van der Waals surface area contributed by atoms with E-state index in [9.17, 15) is 4.79 Å². The van der Waals surface area contributed by atoms with Gasteiger partial charge in [-0.3, -0.25) is 0 Å². The largest absolute Gasteiger partial charge is 0.411 e. The third kappa shape index (κ3) is 2.56. The number of nitrogens with zero attached hydrogens (tertiary/aromatic N) is 2. The molecule has 22 heavy (non-hydrogen) atoms. The number of ether oxygens (including phenoxy) is 1. The van der Waals surface area contributed by atoms with Gasteiger partial charge < -0.3 is 21.5 Å². The van der Waals surface area contributed by atoms with E-state index < -0.39 is 6.09 Å². The summed E-state index contributed by atoms with van der Waals surface area (Å²) in [5.74, 6) is 0.211. The molecule has 112 valence electrons. The maximum absolute atomic E-state index is 10.8. The van der Waals surface area contributed by atoms with Gasteiger partial charge in [-0.15, -0.1) is 0 Å². The second-order valence-corrected chi connectivity index (χ2v) is 4.89. The lowest BCUT2D eigenvalue weighted by atomic mass is 10.0. The number of aromatic nitrogens is 1. The van der Waals surface area contributed by atoms with Crippen LogP contribution in [0.2, 0.25) is 0 Å². The Labute approximate surface area is 127 Å². The number of carbonyl (C=O) groups excluding carboxylic acids is 1. The van der Waals surface area contributed by atoms with Crippen LogP contribution in [-0.2, 0) is 0 Å². The normalized spacial score (nSPS) is 16.2. The summed E-state index contributed by atoms with van der Waals surface area (Å²) in [7, 11) is 0. The van der Waals surface area contributed by atoms with Gasteiger partial charge in [-0.2, -0.15) is 4.98 Å². The number of nitrogens with one attached hydrogen (secondary N) is 1. The smallest absolute Gasteiger partial charge is 0.391 e. The zero-order valence-corrected chi connectivity index (χ0v) is 11.9. The van der Waals surface area contributed by atoms with Crippen LogP contribution in [0, 0.1) is 0 Å². The molecule has 0 bridgehead atoms. The van der Waals surface area contributed by atoms with Crippen molar-refractivity contribution in [2.24, 2.45) is 10.7 Å². The summed E-state index contributed by atoms with van der Waals surface area (Å²) in [6.45, 7) is 1.99. The Hall–Kier alpha value is -3.09. The Kier molecular flexibility index (Phi) is 3.38. The SMILES string of the molecule is CC1Nc2cc(OC(N)=O)nc(N)c2N=C1c1ccccc1. The van der Waals surface area contributed by atoms with E-state index in [0.29, 0.717) is 11.4 Å². The maximum atomic E-state index is 10.8. The van der Waals surface area contributed by atoms with Gasteiger partial charge in [-0.1, -0.05) is 30.3 Å². The third-order valence-electron chi connectivity index (χ3n) is 3.29. The van der Waals surface area contributed by atoms with E-state index in [1.807, 2.05) is 37.3 Å². The molecule has 2 aromatic rings. The first-order valence-corrected chi connectivity index (χ1v) is 6.73. The van der Waals surface area contributed by atoms with Crippen molar-refractivity contribution in [3.63, 3.8) is 0 Å². The number of anilines is 2. The topological polar surface area (TPSA) is 116 Å². The molecule has 1 aliphatic heterocycles. The van der Waals surface area contributed by atoms with E-state index in [-0.39, 0.29) is 17.7 Å². The highest BCUT2D eigenvalue weighted by Crippen LogP contribution is 2.37. The van der Waals surface area contributed by atoms with Gasteiger partial charge in [0.25, 0.3) is 0 Å². The number of carbonyl (C=O) groups is 1. The van der Waals surface area contributed by atoms with Crippen LogP contribution in [0.4, 0.5) is 22.0 Å². The van der Waals surface area contributed by atoms with Crippen LogP contribution in [0.1, 0.15) is 12.5 Å². The molecule has 5 N–H and O–H groups in total. The Morgan fingerprint density at radius 3 is 2.73 bits per heavy atom. The highest BCUT2D eigenvalue weighted by atomic mass is 16.6. The molecule has 0 spiro atoms. The number of pyridine rings is 1. The molecule has 1 aromatic heterocycles. The summed E-state index contributed by atoms with van der Waals surface area (Å²) < 4.78 is 4.77. The van der Waals surface area contributed by atoms with Gasteiger partial charge in [-0.05, 0) is 12.5 Å². The first-order chi connectivity index (χ1) is 10.5. The molecule has 0 saturated heterocycles. The predicted molar refractivity (Wildman–Crippen MR) is 84.6 cm³/mol. The molecule has 1 aliphatic rings. The maximum Gasteiger partial charge on any atom is 0.411 e. The van der Waals surface area contributed by atoms with Gasteiger partial charge in [0.1, 0.15) is 5.69 Å². The highest BCUT2D eigenvalue weighted by Gasteiger charge is 2.23. The zero-order valence-electron chi connectivity index (χ0n) is 11.9. The minimum Gasteiger partial charge on any atom is -0.391 e. The molecular formula is C15H15N5O2. The van der Waals surface area contributed by atoms with E-state index in [1.165, 1.54) is 0 Å². The minimum absolute atomic E-state index is 0.0295. The van der Waals surface area contributed by atoms with Crippen molar-refractivity contribution in [3.8, 4) is 5.88 Å². The van der Waals surface area contributed by atoms with Crippen LogP contribution >= 0.6 is 0 Å². The van der Waals surface area contributed by atoms with E-state index in [1.54, 1.807) is 6.07 Å². The standard InChI is InChI=1S/C15H15N5O2/c1-8-12(9-5-3-2-4-6-9)20-13-10(18-8)7-11(19-14(13)16)22-15(17)21/h2-8,18H,1H3,(H2,16,19)(H2,17,21). The monoisotopic (exact) mass is 297 g/mol. The van der Waals surface area contributed by atoms with Crippen LogP contribution in [-0.4, -0.2) is 22.8 Å². The van der Waals surface area contributed by atoms with Crippen molar-refractivity contribution >= 4 is 29.0 Å². The minimum atomic E-state index is -0.941. The predicted octanol–water partition coefficient (Wildman–Crippen LogP) is 2.06. The van der Waals surface area contributed by atoms with Gasteiger partial charge in [0.2, 0.25) is 5.88 Å². The molecule has 1 unspecified atom stereocenters. The number of rotatable bonds is 2. The summed E-state index contributed by atoms with van der Waals surface area (Å²) in [5, 5.41) is 3.28. The number of amides is 1. The highest BCUT2D eigenvalue weighted by molar-refractivity contribution is 6.10. The fourth-order valence-corrected chi connectivity index (χ4v) is 2.36. The first kappa shape index (κ1) is 13.9. The van der Waals surface area contributed by atoms with Crippen molar-refractivity contribution in [2.45, 2.75) is 13.0 Å². The number of primary amides is 1. The Morgan fingerprint density at radius 1 is 1.32 bits per heavy atom. The Bertz CT molecular complexity index is 758. The lowest BCUT2D eigenvalue weighted by Crippen LogP contribution is -2.30. The van der Waals surface area contributed by atoms with Gasteiger partial charge in [0.15, 0.2) is 5.82 Å². The van der Waals surface area contributed by atoms with Crippen LogP contribution in [0.25, 0.3) is 0 Å². The quantitative estimate of drug-likeness (QED) is 0.784. The molecule has 7 heteroatoms. The van der Waals surface area contributed by atoms with Crippen LogP contribution in [0.3, 0.4) is 0 Å². The van der Waals surface area contributed by atoms with Crippen molar-refractivity contribution < 1.29 is 9.53 Å². The van der Waals surface area contributed by atoms with Crippen LogP contribution in [0.15, 0.2) is 41.4 Å². The molecule has 1 amide bonds. The summed E-state index contributed by atoms with van der Waals surface area (Å²) in [4.78, 5) is 19.4. The molecule has 1 aromatic carbocycles. The number of fused-ring (bicyclic) bond motifs is 1. The van der Waals surface area contributed by atoms with Gasteiger partial charge in [0.05, 0.1) is 17.4 Å². The molecule has 0 radical (unpaired) electrons. The van der Waals surface area contributed by atoms with Crippen molar-refractivity contribution in [3.05, 3.63) is 42.0 Å². The molecule has 2 heterocycles. The number of nitrogen functional groups attached to an aromatic ring is 1. The second kappa shape index (κ2) is 5.36. The van der Waals surface area contributed by atoms with Crippen LogP contribution < -0.4 is 21.5 Å². The molecule has 0 aliphatic carbocycles. The first-order valence-electron chi connectivity index (χ1n) is 6.73.